The van der Waals surface area contributed by atoms with Gasteiger partial charge in [0.15, 0.2) is 11.5 Å². The van der Waals surface area contributed by atoms with Gasteiger partial charge in [-0.25, -0.2) is 9.53 Å². The van der Waals surface area contributed by atoms with Crippen LogP contribution in [0.1, 0.15) is 43.9 Å². The van der Waals surface area contributed by atoms with Crippen molar-refractivity contribution < 1.29 is 4.79 Å². The molecule has 0 aliphatic carbocycles. The average molecular weight is 377 g/mol. The zero-order chi connectivity index (χ0) is 20.5. The Morgan fingerprint density at radius 2 is 1.89 bits per heavy atom. The van der Waals surface area contributed by atoms with Crippen LogP contribution in [0, 0.1) is 6.57 Å². The van der Waals surface area contributed by atoms with Gasteiger partial charge in [-0.1, -0.05) is 39.0 Å². The molecule has 0 atom stereocenters. The molecule has 0 fully saturated rings. The molecule has 9 nitrogen and oxygen atoms in total. The molecule has 0 bridgehead atoms. The minimum Gasteiger partial charge on any atom is -0.293 e. The summed E-state index contributed by atoms with van der Waals surface area (Å²) in [5.74, 6) is -0.287. The van der Waals surface area contributed by atoms with Crippen LogP contribution in [0.2, 0.25) is 0 Å². The van der Waals surface area contributed by atoms with Crippen molar-refractivity contribution in [3.63, 3.8) is 0 Å². The number of hydrogen-bond donors (Lipinski definition) is 2. The first kappa shape index (κ1) is 19.0. The summed E-state index contributed by atoms with van der Waals surface area (Å²) in [4.78, 5) is 28.2. The lowest BCUT2D eigenvalue weighted by Gasteiger charge is -2.16. The predicted molar refractivity (Wildman–Crippen MR) is 104 cm³/mol. The second-order valence-corrected chi connectivity index (χ2v) is 7.20. The Morgan fingerprint density at radius 1 is 1.21 bits per heavy atom. The van der Waals surface area contributed by atoms with E-state index in [9.17, 15) is 9.59 Å². The van der Waals surface area contributed by atoms with E-state index >= 15 is 0 Å². The number of hydrogen-bond acceptors (Lipinski definition) is 5. The molecular formula is C19H19N7O2. The predicted octanol–water partition coefficient (Wildman–Crippen LogP) is 4.35. The number of aromatic nitrogens is 4. The number of Topliss-reactive ketones (excluding diaryl/α,β-unsaturated/α-hetero) is 1. The highest BCUT2D eigenvalue weighted by Crippen LogP contribution is 2.37. The molecule has 3 rings (SSSR count). The number of ketones is 1. The molecule has 1 aromatic carbocycles. The number of azo groups is 1. The maximum atomic E-state index is 12.8. The van der Waals surface area contributed by atoms with Crippen LogP contribution >= 0.6 is 0 Å². The lowest BCUT2D eigenvalue weighted by molar-refractivity contribution is 0.101. The first-order valence-corrected chi connectivity index (χ1v) is 8.53. The molecule has 2 aromatic heterocycles. The van der Waals surface area contributed by atoms with Crippen molar-refractivity contribution in [3.05, 3.63) is 63.5 Å². The number of carbonyl (C=O) groups excluding carboxylic acids is 1. The summed E-state index contributed by atoms with van der Waals surface area (Å²) in [7, 11) is 0. The van der Waals surface area contributed by atoms with E-state index in [4.69, 9.17) is 6.57 Å². The van der Waals surface area contributed by atoms with Gasteiger partial charge in [0, 0.05) is 12.6 Å². The van der Waals surface area contributed by atoms with E-state index in [0.717, 1.165) is 0 Å². The van der Waals surface area contributed by atoms with Crippen LogP contribution in [-0.4, -0.2) is 25.8 Å². The maximum absolute atomic E-state index is 12.8. The van der Waals surface area contributed by atoms with E-state index in [2.05, 4.69) is 30.4 Å². The molecule has 0 spiro atoms. The third-order valence-electron chi connectivity index (χ3n) is 4.06. The second kappa shape index (κ2) is 7.08. The van der Waals surface area contributed by atoms with Crippen LogP contribution < -0.4 is 5.56 Å². The van der Waals surface area contributed by atoms with Crippen molar-refractivity contribution in [2.75, 3.05) is 0 Å². The van der Waals surface area contributed by atoms with Crippen LogP contribution in [0.5, 0.6) is 0 Å². The van der Waals surface area contributed by atoms with E-state index in [1.165, 1.54) is 11.6 Å². The van der Waals surface area contributed by atoms with E-state index in [1.807, 2.05) is 26.8 Å². The van der Waals surface area contributed by atoms with Crippen LogP contribution in [-0.2, 0) is 5.41 Å². The number of nitrogens with one attached hydrogen (secondary N) is 2. The largest absolute Gasteiger partial charge is 0.299 e. The van der Waals surface area contributed by atoms with E-state index < -0.39 is 5.56 Å². The monoisotopic (exact) mass is 377 g/mol. The topological polar surface area (TPSA) is 113 Å². The first-order valence-electron chi connectivity index (χ1n) is 8.53. The molecule has 28 heavy (non-hydrogen) atoms. The fourth-order valence-electron chi connectivity index (χ4n) is 2.65. The first-order chi connectivity index (χ1) is 13.2. The van der Waals surface area contributed by atoms with Crippen molar-refractivity contribution >= 4 is 23.0 Å². The minimum absolute atomic E-state index is 0.0357. The molecular weight excluding hydrogens is 358 g/mol. The summed E-state index contributed by atoms with van der Waals surface area (Å²) in [6.07, 6.45) is 0. The number of benzene rings is 1. The summed E-state index contributed by atoms with van der Waals surface area (Å²) in [6, 6.07) is 8.82. The highest BCUT2D eigenvalue weighted by atomic mass is 16.1. The molecule has 2 N–H and O–H groups in total. The Hall–Kier alpha value is -3.80. The van der Waals surface area contributed by atoms with Gasteiger partial charge in [-0.3, -0.25) is 19.8 Å². The summed E-state index contributed by atoms with van der Waals surface area (Å²) < 4.78 is 1.23. The minimum atomic E-state index is -0.518. The lowest BCUT2D eigenvalue weighted by atomic mass is 9.91. The maximum Gasteiger partial charge on any atom is 0.299 e. The van der Waals surface area contributed by atoms with Gasteiger partial charge in [0.25, 0.3) is 11.2 Å². The summed E-state index contributed by atoms with van der Waals surface area (Å²) >= 11 is 0. The Kier molecular flexibility index (Phi) is 4.79. The van der Waals surface area contributed by atoms with E-state index in [1.54, 1.807) is 24.3 Å². The highest BCUT2D eigenvalue weighted by molar-refractivity contribution is 5.96. The molecule has 0 radical (unpaired) electrons. The molecule has 0 saturated carbocycles. The van der Waals surface area contributed by atoms with Crippen molar-refractivity contribution in [2.24, 2.45) is 10.2 Å². The number of para-hydroxylation sites is 1. The van der Waals surface area contributed by atoms with Crippen LogP contribution in [0.15, 0.2) is 45.4 Å². The smallest absolute Gasteiger partial charge is 0.293 e. The Balaban J connectivity index is 2.10. The molecule has 3 aromatic rings. The molecule has 0 aliphatic rings. The average Bonchev–Trinajstić information content (AvgIpc) is 3.21. The van der Waals surface area contributed by atoms with Crippen molar-refractivity contribution in [1.82, 2.24) is 20.0 Å². The number of carbonyl (C=O) groups is 1. The van der Waals surface area contributed by atoms with Crippen LogP contribution in [0.3, 0.4) is 0 Å². The number of nitrogens with zero attached hydrogens (tertiary/aromatic N) is 5. The van der Waals surface area contributed by atoms with Gasteiger partial charge < -0.3 is 0 Å². The lowest BCUT2D eigenvalue weighted by Crippen LogP contribution is -2.13. The summed E-state index contributed by atoms with van der Waals surface area (Å²) in [5.41, 5.74) is 0.475. The normalized spacial score (nSPS) is 11.7. The molecule has 0 amide bonds. The number of rotatable bonds is 4. The van der Waals surface area contributed by atoms with Gasteiger partial charge >= 0.3 is 0 Å². The molecule has 142 valence electrons. The van der Waals surface area contributed by atoms with Gasteiger partial charge in [-0.15, -0.1) is 10.2 Å². The van der Waals surface area contributed by atoms with Gasteiger partial charge in [-0.05, 0) is 17.5 Å². The van der Waals surface area contributed by atoms with Crippen molar-refractivity contribution in [2.45, 2.75) is 33.1 Å². The van der Waals surface area contributed by atoms with E-state index in [-0.39, 0.29) is 34.1 Å². The van der Waals surface area contributed by atoms with Gasteiger partial charge in [0.2, 0.25) is 5.82 Å². The fourth-order valence-corrected chi connectivity index (χ4v) is 2.65. The summed E-state index contributed by atoms with van der Waals surface area (Å²) in [5, 5.41) is 17.6. The van der Waals surface area contributed by atoms with Crippen molar-refractivity contribution in [3.8, 4) is 5.69 Å². The standard InChI is InChI=1S/C19H19N7O2/c1-11(27)13-14(18(28)26(25-13)12-9-7-6-8-10-12)21-23-17-15(20-5)16(22-24-17)19(2,3)4/h6-10,25H,1-4H3,(H,22,24). The highest BCUT2D eigenvalue weighted by Gasteiger charge is 2.25. The quantitative estimate of drug-likeness (QED) is 0.400. The third-order valence-corrected chi connectivity index (χ3v) is 4.06. The Morgan fingerprint density at radius 3 is 2.46 bits per heavy atom. The van der Waals surface area contributed by atoms with Gasteiger partial charge in [0.1, 0.15) is 5.69 Å². The molecule has 2 heterocycles. The second-order valence-electron chi connectivity index (χ2n) is 7.20. The zero-order valence-electron chi connectivity index (χ0n) is 15.9. The summed E-state index contributed by atoms with van der Waals surface area (Å²) in [6.45, 7) is 14.6. The third kappa shape index (κ3) is 3.40. The van der Waals surface area contributed by atoms with Crippen LogP contribution in [0.4, 0.5) is 17.2 Å². The fraction of sp³-hybridized carbons (Fsp3) is 0.263. The Labute approximate surface area is 160 Å². The zero-order valence-corrected chi connectivity index (χ0v) is 15.9. The molecule has 0 saturated heterocycles. The molecule has 0 unspecified atom stereocenters. The van der Waals surface area contributed by atoms with Crippen molar-refractivity contribution in [1.29, 1.82) is 0 Å². The van der Waals surface area contributed by atoms with Crippen LogP contribution in [0.25, 0.3) is 10.5 Å². The Bertz CT molecular complexity index is 1150. The van der Waals surface area contributed by atoms with E-state index in [0.29, 0.717) is 11.4 Å². The number of aromatic amines is 2. The molecule has 9 heteroatoms. The van der Waals surface area contributed by atoms with Gasteiger partial charge in [-0.2, -0.15) is 5.10 Å². The van der Waals surface area contributed by atoms with Gasteiger partial charge in [0.05, 0.1) is 12.3 Å². The molecule has 0 aliphatic heterocycles. The SMILES string of the molecule is [C-]#[N+]c1c(N=Nc2c(C(C)=O)[nH]n(-c3ccccc3)c2=O)n[nH]c1C(C)(C)C. The number of H-pyrrole nitrogens is 2.